The van der Waals surface area contributed by atoms with E-state index in [4.69, 9.17) is 13.9 Å². The zero-order valence-corrected chi connectivity index (χ0v) is 15.7. The van der Waals surface area contributed by atoms with E-state index < -0.39 is 5.97 Å². The fourth-order valence-corrected chi connectivity index (χ4v) is 3.44. The summed E-state index contributed by atoms with van der Waals surface area (Å²) in [4.78, 5) is 21.2. The summed E-state index contributed by atoms with van der Waals surface area (Å²) in [5.74, 6) is 0.524. The Balaban J connectivity index is 1.78. The Hall–Kier alpha value is -3.95. The second kappa shape index (κ2) is 6.59. The summed E-state index contributed by atoms with van der Waals surface area (Å²) >= 11 is 0. The third-order valence-electron chi connectivity index (χ3n) is 4.74. The highest BCUT2D eigenvalue weighted by molar-refractivity contribution is 5.89. The lowest BCUT2D eigenvalue weighted by molar-refractivity contribution is 0.0518. The molecule has 0 radical (unpaired) electrons. The number of oxazole rings is 1. The Morgan fingerprint density at radius 2 is 2.14 bits per heavy atom. The van der Waals surface area contributed by atoms with E-state index in [0.29, 0.717) is 35.1 Å². The first kappa shape index (κ1) is 17.2. The number of hydrogen-bond acceptors (Lipinski definition) is 8. The van der Waals surface area contributed by atoms with E-state index in [1.165, 1.54) is 6.26 Å². The number of hydrogen-bond donors (Lipinski definition) is 0. The molecule has 0 N–H and O–H groups in total. The molecule has 0 atom stereocenters. The van der Waals surface area contributed by atoms with Gasteiger partial charge in [0.1, 0.15) is 24.0 Å². The Labute approximate surface area is 164 Å². The highest BCUT2D eigenvalue weighted by Crippen LogP contribution is 2.34. The standard InChI is InChI=1S/C19H16N6O4/c1-3-28-19(26)17-15-9-14-16(18-20-6-7-29-18)21-10-24(14)12-5-4-11(27-2)8-13(12)25(15)23-22-17/h4-8,10H,3,9H2,1-2H3. The molecule has 1 aliphatic rings. The van der Waals surface area contributed by atoms with Crippen molar-refractivity contribution in [1.82, 2.24) is 29.5 Å². The van der Waals surface area contributed by atoms with Gasteiger partial charge in [0, 0.05) is 12.5 Å². The van der Waals surface area contributed by atoms with Crippen LogP contribution in [0, 0.1) is 0 Å². The number of nitrogens with zero attached hydrogens (tertiary/aromatic N) is 6. The second-order valence-corrected chi connectivity index (χ2v) is 6.30. The molecular formula is C19H16N6O4. The summed E-state index contributed by atoms with van der Waals surface area (Å²) in [6.07, 6.45) is 5.08. The van der Waals surface area contributed by atoms with Crippen LogP contribution in [-0.2, 0) is 11.2 Å². The molecule has 0 amide bonds. The summed E-state index contributed by atoms with van der Waals surface area (Å²) < 4.78 is 19.6. The molecule has 0 aliphatic carbocycles. The molecule has 10 heteroatoms. The number of aromatic nitrogens is 6. The number of imidazole rings is 1. The summed E-state index contributed by atoms with van der Waals surface area (Å²) in [7, 11) is 1.59. The number of carbonyl (C=O) groups is 1. The SMILES string of the molecule is CCOC(=O)c1nnn2c1Cc1c(-c3ncco3)ncn1-c1ccc(OC)cc1-2. The summed E-state index contributed by atoms with van der Waals surface area (Å²) in [5.41, 5.74) is 3.65. The van der Waals surface area contributed by atoms with Crippen molar-refractivity contribution in [2.24, 2.45) is 0 Å². The van der Waals surface area contributed by atoms with Gasteiger partial charge in [0.2, 0.25) is 5.89 Å². The van der Waals surface area contributed by atoms with Crippen LogP contribution < -0.4 is 4.74 Å². The minimum Gasteiger partial charge on any atom is -0.497 e. The van der Waals surface area contributed by atoms with Crippen LogP contribution in [0.2, 0.25) is 0 Å². The Bertz CT molecular complexity index is 1210. The first-order valence-corrected chi connectivity index (χ1v) is 8.97. The van der Waals surface area contributed by atoms with Crippen LogP contribution in [0.3, 0.4) is 0 Å². The van der Waals surface area contributed by atoms with E-state index in [-0.39, 0.29) is 12.3 Å². The van der Waals surface area contributed by atoms with E-state index in [0.717, 1.165) is 11.4 Å². The van der Waals surface area contributed by atoms with Gasteiger partial charge in [-0.15, -0.1) is 5.10 Å². The molecule has 0 fully saturated rings. The molecule has 4 aromatic rings. The predicted octanol–water partition coefficient (Wildman–Crippen LogP) is 2.20. The van der Waals surface area contributed by atoms with Gasteiger partial charge in [-0.25, -0.2) is 19.4 Å². The van der Waals surface area contributed by atoms with Crippen LogP contribution >= 0.6 is 0 Å². The van der Waals surface area contributed by atoms with Gasteiger partial charge in [-0.05, 0) is 19.1 Å². The maximum Gasteiger partial charge on any atom is 0.360 e. The fourth-order valence-electron chi connectivity index (χ4n) is 3.44. The Morgan fingerprint density at radius 3 is 2.90 bits per heavy atom. The lowest BCUT2D eigenvalue weighted by Crippen LogP contribution is -2.10. The minimum absolute atomic E-state index is 0.161. The van der Waals surface area contributed by atoms with Crippen LogP contribution in [0.1, 0.15) is 28.8 Å². The quantitative estimate of drug-likeness (QED) is 0.428. The molecule has 4 heterocycles. The average Bonchev–Trinajstić information content (AvgIpc) is 3.46. The monoisotopic (exact) mass is 392 g/mol. The van der Waals surface area contributed by atoms with Crippen molar-refractivity contribution in [1.29, 1.82) is 0 Å². The molecule has 0 saturated heterocycles. The van der Waals surface area contributed by atoms with Gasteiger partial charge in [0.15, 0.2) is 5.69 Å². The highest BCUT2D eigenvalue weighted by Gasteiger charge is 2.30. The van der Waals surface area contributed by atoms with Gasteiger partial charge in [-0.1, -0.05) is 5.21 Å². The summed E-state index contributed by atoms with van der Waals surface area (Å²) in [6, 6.07) is 5.59. The molecule has 3 aromatic heterocycles. The third kappa shape index (κ3) is 2.60. The lowest BCUT2D eigenvalue weighted by Gasteiger charge is -2.11. The van der Waals surface area contributed by atoms with Gasteiger partial charge < -0.3 is 13.9 Å². The van der Waals surface area contributed by atoms with Gasteiger partial charge in [-0.2, -0.15) is 0 Å². The zero-order valence-electron chi connectivity index (χ0n) is 15.7. The van der Waals surface area contributed by atoms with Crippen LogP contribution in [0.15, 0.2) is 41.4 Å². The van der Waals surface area contributed by atoms with Crippen molar-refractivity contribution in [2.45, 2.75) is 13.3 Å². The predicted molar refractivity (Wildman–Crippen MR) is 99.3 cm³/mol. The summed E-state index contributed by atoms with van der Waals surface area (Å²) in [5, 5.41) is 8.32. The fraction of sp³-hybridized carbons (Fsp3) is 0.211. The zero-order chi connectivity index (χ0) is 20.0. The number of ether oxygens (including phenoxy) is 2. The van der Waals surface area contributed by atoms with E-state index in [2.05, 4.69) is 20.3 Å². The van der Waals surface area contributed by atoms with E-state index in [1.54, 1.807) is 31.2 Å². The first-order valence-electron chi connectivity index (χ1n) is 8.97. The maximum atomic E-state index is 12.5. The topological polar surface area (TPSA) is 110 Å². The number of esters is 1. The number of rotatable bonds is 4. The normalized spacial score (nSPS) is 11.9. The summed E-state index contributed by atoms with van der Waals surface area (Å²) in [6.45, 7) is 1.99. The molecule has 0 bridgehead atoms. The van der Waals surface area contributed by atoms with E-state index in [1.807, 2.05) is 22.8 Å². The molecule has 0 saturated carbocycles. The molecule has 10 nitrogen and oxygen atoms in total. The number of methoxy groups -OCH3 is 1. The van der Waals surface area contributed by atoms with Crippen LogP contribution in [0.4, 0.5) is 0 Å². The van der Waals surface area contributed by atoms with Crippen molar-refractivity contribution >= 4 is 5.97 Å². The van der Waals surface area contributed by atoms with Gasteiger partial charge in [0.05, 0.1) is 42.7 Å². The number of benzene rings is 1. The molecule has 5 rings (SSSR count). The van der Waals surface area contributed by atoms with Crippen LogP contribution in [0.25, 0.3) is 23.0 Å². The second-order valence-electron chi connectivity index (χ2n) is 6.30. The van der Waals surface area contributed by atoms with Crippen molar-refractivity contribution in [3.8, 4) is 28.7 Å². The Morgan fingerprint density at radius 1 is 1.24 bits per heavy atom. The number of carbonyl (C=O) groups excluding carboxylic acids is 1. The molecular weight excluding hydrogens is 376 g/mol. The molecule has 29 heavy (non-hydrogen) atoms. The van der Waals surface area contributed by atoms with Gasteiger partial charge >= 0.3 is 5.97 Å². The van der Waals surface area contributed by atoms with Crippen LogP contribution in [-0.4, -0.2) is 49.2 Å². The minimum atomic E-state index is -0.524. The van der Waals surface area contributed by atoms with Crippen LogP contribution in [0.5, 0.6) is 5.75 Å². The molecule has 1 aromatic carbocycles. The molecule has 146 valence electrons. The molecule has 1 aliphatic heterocycles. The van der Waals surface area contributed by atoms with Crippen molar-refractivity contribution < 1.29 is 18.7 Å². The molecule has 0 spiro atoms. The van der Waals surface area contributed by atoms with E-state index >= 15 is 0 Å². The lowest BCUT2D eigenvalue weighted by atomic mass is 10.1. The van der Waals surface area contributed by atoms with Crippen molar-refractivity contribution in [2.75, 3.05) is 13.7 Å². The Kier molecular flexibility index (Phi) is 3.90. The number of fused-ring (bicyclic) bond motifs is 5. The molecule has 0 unspecified atom stereocenters. The van der Waals surface area contributed by atoms with Gasteiger partial charge in [0.25, 0.3) is 0 Å². The maximum absolute atomic E-state index is 12.5. The first-order chi connectivity index (χ1) is 14.2. The highest BCUT2D eigenvalue weighted by atomic mass is 16.5. The van der Waals surface area contributed by atoms with Crippen molar-refractivity contribution in [3.05, 3.63) is 54.1 Å². The van der Waals surface area contributed by atoms with Crippen molar-refractivity contribution in [3.63, 3.8) is 0 Å². The smallest absolute Gasteiger partial charge is 0.360 e. The average molecular weight is 392 g/mol. The third-order valence-corrected chi connectivity index (χ3v) is 4.74. The van der Waals surface area contributed by atoms with E-state index in [9.17, 15) is 4.79 Å². The largest absolute Gasteiger partial charge is 0.497 e. The van der Waals surface area contributed by atoms with Gasteiger partial charge in [-0.3, -0.25) is 4.57 Å².